The van der Waals surface area contributed by atoms with E-state index in [-0.39, 0.29) is 5.37 Å². The molecule has 1 aromatic rings. The molecule has 0 radical (unpaired) electrons. The minimum absolute atomic E-state index is 0.0475. The summed E-state index contributed by atoms with van der Waals surface area (Å²) in [6.07, 6.45) is 0. The first kappa shape index (κ1) is 12.0. The Kier molecular flexibility index (Phi) is 3.28. The SMILES string of the molecule is Cc1ccc(S(=O)(=O)N2CCS[C@H]2C)cc1. The van der Waals surface area contributed by atoms with Crippen molar-refractivity contribution in [3.05, 3.63) is 29.8 Å². The van der Waals surface area contributed by atoms with Crippen molar-refractivity contribution < 1.29 is 8.42 Å². The van der Waals surface area contributed by atoms with Gasteiger partial charge in [-0.2, -0.15) is 4.31 Å². The van der Waals surface area contributed by atoms with Gasteiger partial charge in [-0.25, -0.2) is 8.42 Å². The molecule has 0 N–H and O–H groups in total. The van der Waals surface area contributed by atoms with E-state index < -0.39 is 10.0 Å². The molecule has 3 nitrogen and oxygen atoms in total. The molecule has 1 heterocycles. The Labute approximate surface area is 101 Å². The average molecular weight is 257 g/mol. The summed E-state index contributed by atoms with van der Waals surface area (Å²) >= 11 is 1.68. The molecule has 0 saturated carbocycles. The van der Waals surface area contributed by atoms with Crippen LogP contribution in [0.25, 0.3) is 0 Å². The number of benzene rings is 1. The van der Waals surface area contributed by atoms with E-state index in [1.54, 1.807) is 28.2 Å². The molecule has 1 saturated heterocycles. The van der Waals surface area contributed by atoms with Crippen LogP contribution in [0.2, 0.25) is 0 Å². The molecule has 0 unspecified atom stereocenters. The van der Waals surface area contributed by atoms with Crippen molar-refractivity contribution in [1.29, 1.82) is 0 Å². The maximum atomic E-state index is 12.3. The molecule has 2 rings (SSSR count). The molecule has 1 aromatic carbocycles. The van der Waals surface area contributed by atoms with E-state index in [0.29, 0.717) is 11.4 Å². The Bertz CT molecular complexity index is 467. The first-order chi connectivity index (χ1) is 7.51. The molecule has 1 aliphatic heterocycles. The van der Waals surface area contributed by atoms with Crippen LogP contribution >= 0.6 is 11.8 Å². The zero-order valence-electron chi connectivity index (χ0n) is 9.38. The summed E-state index contributed by atoms with van der Waals surface area (Å²) < 4.78 is 26.1. The summed E-state index contributed by atoms with van der Waals surface area (Å²) in [6, 6.07) is 7.03. The van der Waals surface area contributed by atoms with Gasteiger partial charge in [0.2, 0.25) is 10.0 Å². The van der Waals surface area contributed by atoms with Gasteiger partial charge in [-0.15, -0.1) is 11.8 Å². The quantitative estimate of drug-likeness (QED) is 0.814. The van der Waals surface area contributed by atoms with Crippen molar-refractivity contribution in [1.82, 2.24) is 4.31 Å². The molecular weight excluding hydrogens is 242 g/mol. The van der Waals surface area contributed by atoms with E-state index in [2.05, 4.69) is 0 Å². The van der Waals surface area contributed by atoms with Crippen molar-refractivity contribution >= 4 is 21.8 Å². The van der Waals surface area contributed by atoms with Crippen LogP contribution < -0.4 is 0 Å². The molecule has 0 aromatic heterocycles. The standard InChI is InChI=1S/C11H15NO2S2/c1-9-3-5-11(6-4-9)16(13,14)12-7-8-15-10(12)2/h3-6,10H,7-8H2,1-2H3/t10-/m0/s1. The molecule has 5 heteroatoms. The third-order valence-corrected chi connectivity index (χ3v) is 5.98. The van der Waals surface area contributed by atoms with Crippen molar-refractivity contribution in [2.45, 2.75) is 24.1 Å². The van der Waals surface area contributed by atoms with Gasteiger partial charge in [0, 0.05) is 12.3 Å². The predicted octanol–water partition coefficient (Wildman–Crippen LogP) is 2.08. The van der Waals surface area contributed by atoms with E-state index in [0.717, 1.165) is 11.3 Å². The fourth-order valence-electron chi connectivity index (χ4n) is 1.74. The second kappa shape index (κ2) is 4.39. The summed E-state index contributed by atoms with van der Waals surface area (Å²) in [6.45, 7) is 4.50. The summed E-state index contributed by atoms with van der Waals surface area (Å²) in [4.78, 5) is 0.396. The van der Waals surface area contributed by atoms with Crippen LogP contribution in [-0.4, -0.2) is 30.4 Å². The minimum Gasteiger partial charge on any atom is -0.207 e. The molecule has 0 bridgehead atoms. The maximum Gasteiger partial charge on any atom is 0.244 e. The normalized spacial score (nSPS) is 22.5. The van der Waals surface area contributed by atoms with Crippen LogP contribution in [0.4, 0.5) is 0 Å². The van der Waals surface area contributed by atoms with Gasteiger partial charge in [-0.05, 0) is 26.0 Å². The Balaban J connectivity index is 2.35. The molecule has 1 fully saturated rings. The molecular formula is C11H15NO2S2. The summed E-state index contributed by atoms with van der Waals surface area (Å²) in [5.74, 6) is 0.881. The van der Waals surface area contributed by atoms with Crippen LogP contribution in [0.5, 0.6) is 0 Å². The average Bonchev–Trinajstić information content (AvgIpc) is 2.66. The number of thioether (sulfide) groups is 1. The lowest BCUT2D eigenvalue weighted by molar-refractivity contribution is 0.442. The topological polar surface area (TPSA) is 37.4 Å². The maximum absolute atomic E-state index is 12.3. The number of sulfonamides is 1. The Morgan fingerprint density at radius 2 is 1.94 bits per heavy atom. The van der Waals surface area contributed by atoms with Gasteiger partial charge < -0.3 is 0 Å². The van der Waals surface area contributed by atoms with Gasteiger partial charge in [0.15, 0.2) is 0 Å². The van der Waals surface area contributed by atoms with E-state index in [4.69, 9.17) is 0 Å². The third-order valence-electron chi connectivity index (χ3n) is 2.70. The van der Waals surface area contributed by atoms with Gasteiger partial charge in [-0.1, -0.05) is 17.7 Å². The molecule has 0 spiro atoms. The highest BCUT2D eigenvalue weighted by Gasteiger charge is 2.32. The van der Waals surface area contributed by atoms with Crippen LogP contribution in [0.15, 0.2) is 29.2 Å². The second-order valence-corrected chi connectivity index (χ2v) is 7.21. The van der Waals surface area contributed by atoms with E-state index >= 15 is 0 Å². The number of aryl methyl sites for hydroxylation is 1. The van der Waals surface area contributed by atoms with E-state index in [1.165, 1.54) is 0 Å². The predicted molar refractivity (Wildman–Crippen MR) is 67.0 cm³/mol. The van der Waals surface area contributed by atoms with Gasteiger partial charge in [0.25, 0.3) is 0 Å². The van der Waals surface area contributed by atoms with E-state index in [9.17, 15) is 8.42 Å². The first-order valence-corrected chi connectivity index (χ1v) is 7.71. The van der Waals surface area contributed by atoms with Crippen molar-refractivity contribution in [3.8, 4) is 0 Å². The smallest absolute Gasteiger partial charge is 0.207 e. The number of hydrogen-bond acceptors (Lipinski definition) is 3. The van der Waals surface area contributed by atoms with Gasteiger partial charge in [0.1, 0.15) is 0 Å². The summed E-state index contributed by atoms with van der Waals surface area (Å²) in [5.41, 5.74) is 1.07. The zero-order chi connectivity index (χ0) is 11.8. The summed E-state index contributed by atoms with van der Waals surface area (Å²) in [5, 5.41) is 0.0475. The molecule has 0 aliphatic carbocycles. The molecule has 0 amide bonds. The van der Waals surface area contributed by atoms with Crippen molar-refractivity contribution in [2.75, 3.05) is 12.3 Å². The molecule has 16 heavy (non-hydrogen) atoms. The minimum atomic E-state index is -3.29. The van der Waals surface area contributed by atoms with Gasteiger partial charge >= 0.3 is 0 Å². The van der Waals surface area contributed by atoms with Crippen molar-refractivity contribution in [2.24, 2.45) is 0 Å². The number of nitrogens with zero attached hydrogens (tertiary/aromatic N) is 1. The zero-order valence-corrected chi connectivity index (χ0v) is 11.0. The number of hydrogen-bond donors (Lipinski definition) is 0. The highest BCUT2D eigenvalue weighted by molar-refractivity contribution is 8.01. The first-order valence-electron chi connectivity index (χ1n) is 5.22. The second-order valence-electron chi connectivity index (χ2n) is 3.90. The fourth-order valence-corrected chi connectivity index (χ4v) is 4.77. The Morgan fingerprint density at radius 1 is 1.31 bits per heavy atom. The largest absolute Gasteiger partial charge is 0.244 e. The third kappa shape index (κ3) is 2.12. The highest BCUT2D eigenvalue weighted by atomic mass is 32.2. The van der Waals surface area contributed by atoms with Gasteiger partial charge in [0.05, 0.1) is 10.3 Å². The van der Waals surface area contributed by atoms with Crippen molar-refractivity contribution in [3.63, 3.8) is 0 Å². The van der Waals surface area contributed by atoms with Crippen LogP contribution in [0, 0.1) is 6.92 Å². The Hall–Kier alpha value is -0.520. The lowest BCUT2D eigenvalue weighted by atomic mass is 10.2. The lowest BCUT2D eigenvalue weighted by Crippen LogP contribution is -2.33. The van der Waals surface area contributed by atoms with Gasteiger partial charge in [-0.3, -0.25) is 0 Å². The van der Waals surface area contributed by atoms with Crippen LogP contribution in [0.3, 0.4) is 0 Å². The highest BCUT2D eigenvalue weighted by Crippen LogP contribution is 2.29. The molecule has 1 atom stereocenters. The molecule has 88 valence electrons. The van der Waals surface area contributed by atoms with Crippen LogP contribution in [0.1, 0.15) is 12.5 Å². The fraction of sp³-hybridized carbons (Fsp3) is 0.455. The summed E-state index contributed by atoms with van der Waals surface area (Å²) in [7, 11) is -3.29. The number of rotatable bonds is 2. The monoisotopic (exact) mass is 257 g/mol. The van der Waals surface area contributed by atoms with E-state index in [1.807, 2.05) is 26.0 Å². The lowest BCUT2D eigenvalue weighted by Gasteiger charge is -2.19. The van der Waals surface area contributed by atoms with Crippen LogP contribution in [-0.2, 0) is 10.0 Å². The molecule has 1 aliphatic rings. The Morgan fingerprint density at radius 3 is 2.44 bits per heavy atom.